The molecule has 0 aliphatic carbocycles. The maximum Gasteiger partial charge on any atom is 0.343 e. The summed E-state index contributed by atoms with van der Waals surface area (Å²) in [5.41, 5.74) is 3.05. The first-order valence-electron chi connectivity index (χ1n) is 6.07. The van der Waals surface area contributed by atoms with Gasteiger partial charge in [0, 0.05) is 5.56 Å². The van der Waals surface area contributed by atoms with Crippen molar-refractivity contribution < 1.29 is 14.6 Å². The molecule has 0 fully saturated rings. The van der Waals surface area contributed by atoms with Gasteiger partial charge in [-0.2, -0.15) is 0 Å². The van der Waals surface area contributed by atoms with Crippen molar-refractivity contribution in [1.29, 1.82) is 0 Å². The van der Waals surface area contributed by atoms with Crippen molar-refractivity contribution in [1.82, 2.24) is 0 Å². The van der Waals surface area contributed by atoms with Crippen molar-refractivity contribution in [3.63, 3.8) is 0 Å². The monoisotopic (exact) mass is 256 g/mol. The summed E-state index contributed by atoms with van der Waals surface area (Å²) in [5.74, 6) is 0.0899. The van der Waals surface area contributed by atoms with Crippen LogP contribution in [0.3, 0.4) is 0 Å². The standard InChI is InChI=1S/C16H16O3/c1-10-6-4-7-13(11(10)2)16(18)19-15-9-5-8-14(17)12(15)3/h4-9,17H,1-3H3. The van der Waals surface area contributed by atoms with Crippen molar-refractivity contribution in [3.05, 3.63) is 58.7 Å². The van der Waals surface area contributed by atoms with Crippen LogP contribution < -0.4 is 4.74 Å². The van der Waals surface area contributed by atoms with E-state index >= 15 is 0 Å². The fourth-order valence-electron chi connectivity index (χ4n) is 1.84. The van der Waals surface area contributed by atoms with Crippen LogP contribution in [0.4, 0.5) is 0 Å². The van der Waals surface area contributed by atoms with Gasteiger partial charge < -0.3 is 9.84 Å². The molecule has 1 N–H and O–H groups in total. The van der Waals surface area contributed by atoms with Crippen LogP contribution >= 0.6 is 0 Å². The number of rotatable bonds is 2. The molecule has 0 spiro atoms. The Balaban J connectivity index is 2.31. The first-order valence-corrected chi connectivity index (χ1v) is 6.07. The number of phenolic OH excluding ortho intramolecular Hbond substituents is 1. The molecule has 98 valence electrons. The molecule has 0 unspecified atom stereocenters. The number of carbonyl (C=O) groups excluding carboxylic acids is 1. The molecule has 0 atom stereocenters. The molecule has 0 saturated heterocycles. The number of carbonyl (C=O) groups is 1. The Morgan fingerprint density at radius 1 is 1.00 bits per heavy atom. The largest absolute Gasteiger partial charge is 0.508 e. The van der Waals surface area contributed by atoms with Crippen LogP contribution in [-0.2, 0) is 0 Å². The Morgan fingerprint density at radius 3 is 2.42 bits per heavy atom. The number of benzene rings is 2. The smallest absolute Gasteiger partial charge is 0.343 e. The zero-order chi connectivity index (χ0) is 14.0. The molecule has 2 rings (SSSR count). The number of aryl methyl sites for hydroxylation is 1. The lowest BCUT2D eigenvalue weighted by Crippen LogP contribution is -2.11. The van der Waals surface area contributed by atoms with E-state index in [9.17, 15) is 9.90 Å². The minimum Gasteiger partial charge on any atom is -0.508 e. The summed E-state index contributed by atoms with van der Waals surface area (Å²) in [6.45, 7) is 5.55. The normalized spacial score (nSPS) is 10.3. The van der Waals surface area contributed by atoms with Gasteiger partial charge in [-0.1, -0.05) is 18.2 Å². The molecule has 0 aliphatic heterocycles. The average Bonchev–Trinajstić information content (AvgIpc) is 2.38. The zero-order valence-electron chi connectivity index (χ0n) is 11.2. The number of hydrogen-bond acceptors (Lipinski definition) is 3. The third-order valence-corrected chi connectivity index (χ3v) is 3.28. The van der Waals surface area contributed by atoms with Crippen LogP contribution in [0.2, 0.25) is 0 Å². The lowest BCUT2D eigenvalue weighted by atomic mass is 10.0. The third-order valence-electron chi connectivity index (χ3n) is 3.28. The molecule has 0 heterocycles. The second-order valence-corrected chi connectivity index (χ2v) is 4.54. The number of aromatic hydroxyl groups is 1. The van der Waals surface area contributed by atoms with Crippen molar-refractivity contribution in [2.24, 2.45) is 0 Å². The topological polar surface area (TPSA) is 46.5 Å². The Kier molecular flexibility index (Phi) is 3.56. The van der Waals surface area contributed by atoms with Crippen LogP contribution in [0.15, 0.2) is 36.4 Å². The van der Waals surface area contributed by atoms with E-state index in [1.165, 1.54) is 0 Å². The molecule has 2 aromatic carbocycles. The molecule has 0 radical (unpaired) electrons. The summed E-state index contributed by atoms with van der Waals surface area (Å²) in [6.07, 6.45) is 0. The van der Waals surface area contributed by atoms with Gasteiger partial charge in [0.05, 0.1) is 5.56 Å². The predicted octanol–water partition coefficient (Wildman–Crippen LogP) is 3.54. The summed E-state index contributed by atoms with van der Waals surface area (Å²) < 4.78 is 5.35. The second kappa shape index (κ2) is 5.14. The predicted molar refractivity (Wildman–Crippen MR) is 73.7 cm³/mol. The van der Waals surface area contributed by atoms with Gasteiger partial charge in [-0.3, -0.25) is 0 Å². The maximum atomic E-state index is 12.1. The quantitative estimate of drug-likeness (QED) is 0.660. The Bertz CT molecular complexity index is 630. The van der Waals surface area contributed by atoms with Crippen molar-refractivity contribution in [2.75, 3.05) is 0 Å². The minimum atomic E-state index is -0.408. The summed E-state index contributed by atoms with van der Waals surface area (Å²) in [7, 11) is 0. The molecule has 0 aromatic heterocycles. The van der Waals surface area contributed by atoms with Gasteiger partial charge in [0.25, 0.3) is 0 Å². The Morgan fingerprint density at radius 2 is 1.68 bits per heavy atom. The lowest BCUT2D eigenvalue weighted by molar-refractivity contribution is 0.0732. The van der Waals surface area contributed by atoms with Gasteiger partial charge >= 0.3 is 5.97 Å². The number of phenols is 1. The fourth-order valence-corrected chi connectivity index (χ4v) is 1.84. The Hall–Kier alpha value is -2.29. The van der Waals surface area contributed by atoms with E-state index in [4.69, 9.17) is 4.74 Å². The van der Waals surface area contributed by atoms with Gasteiger partial charge in [-0.25, -0.2) is 4.79 Å². The lowest BCUT2D eigenvalue weighted by Gasteiger charge is -2.10. The zero-order valence-corrected chi connectivity index (χ0v) is 11.2. The van der Waals surface area contributed by atoms with Crippen molar-refractivity contribution in [3.8, 4) is 11.5 Å². The number of hydrogen-bond donors (Lipinski definition) is 1. The Labute approximate surface area is 112 Å². The molecule has 3 nitrogen and oxygen atoms in total. The van der Waals surface area contributed by atoms with Crippen LogP contribution in [0.25, 0.3) is 0 Å². The molecular formula is C16H16O3. The first kappa shape index (κ1) is 13.1. The van der Waals surface area contributed by atoms with E-state index in [-0.39, 0.29) is 5.75 Å². The second-order valence-electron chi connectivity index (χ2n) is 4.54. The third kappa shape index (κ3) is 2.60. The highest BCUT2D eigenvalue weighted by molar-refractivity contribution is 5.93. The van der Waals surface area contributed by atoms with Crippen LogP contribution in [0.5, 0.6) is 11.5 Å². The summed E-state index contributed by atoms with van der Waals surface area (Å²) >= 11 is 0. The molecular weight excluding hydrogens is 240 g/mol. The fraction of sp³-hybridized carbons (Fsp3) is 0.188. The maximum absolute atomic E-state index is 12.1. The SMILES string of the molecule is Cc1cccc(C(=O)Oc2cccc(O)c2C)c1C. The molecule has 0 amide bonds. The van der Waals surface area contributed by atoms with Gasteiger partial charge in [-0.15, -0.1) is 0 Å². The van der Waals surface area contributed by atoms with E-state index in [1.807, 2.05) is 26.0 Å². The number of ether oxygens (including phenoxy) is 1. The number of esters is 1. The van der Waals surface area contributed by atoms with E-state index in [0.717, 1.165) is 11.1 Å². The van der Waals surface area contributed by atoms with Gasteiger partial charge in [0.2, 0.25) is 0 Å². The van der Waals surface area contributed by atoms with Gasteiger partial charge in [-0.05, 0) is 50.1 Å². The highest BCUT2D eigenvalue weighted by Gasteiger charge is 2.14. The highest BCUT2D eigenvalue weighted by atomic mass is 16.5. The van der Waals surface area contributed by atoms with Crippen LogP contribution in [-0.4, -0.2) is 11.1 Å². The van der Waals surface area contributed by atoms with Crippen LogP contribution in [0, 0.1) is 20.8 Å². The average molecular weight is 256 g/mol. The van der Waals surface area contributed by atoms with Crippen molar-refractivity contribution in [2.45, 2.75) is 20.8 Å². The first-order chi connectivity index (χ1) is 9.00. The van der Waals surface area contributed by atoms with Gasteiger partial charge in [0.1, 0.15) is 11.5 Å². The summed E-state index contributed by atoms with van der Waals surface area (Å²) in [6, 6.07) is 10.4. The molecule has 3 heteroatoms. The highest BCUT2D eigenvalue weighted by Crippen LogP contribution is 2.27. The van der Waals surface area contributed by atoms with E-state index in [2.05, 4.69) is 0 Å². The molecule has 0 bridgehead atoms. The summed E-state index contributed by atoms with van der Waals surface area (Å²) in [4.78, 5) is 12.1. The van der Waals surface area contributed by atoms with E-state index < -0.39 is 5.97 Å². The molecule has 19 heavy (non-hydrogen) atoms. The summed E-state index contributed by atoms with van der Waals surface area (Å²) in [5, 5.41) is 9.59. The van der Waals surface area contributed by atoms with E-state index in [1.54, 1.807) is 31.2 Å². The van der Waals surface area contributed by atoms with Crippen molar-refractivity contribution >= 4 is 5.97 Å². The molecule has 2 aromatic rings. The van der Waals surface area contributed by atoms with Gasteiger partial charge in [0.15, 0.2) is 0 Å². The minimum absolute atomic E-state index is 0.117. The molecule has 0 saturated carbocycles. The molecule has 0 aliphatic rings. The van der Waals surface area contributed by atoms with E-state index in [0.29, 0.717) is 16.9 Å². The van der Waals surface area contributed by atoms with Crippen LogP contribution in [0.1, 0.15) is 27.0 Å².